The van der Waals surface area contributed by atoms with Crippen molar-refractivity contribution in [1.82, 2.24) is 19.7 Å². The summed E-state index contributed by atoms with van der Waals surface area (Å²) in [5, 5.41) is 4.33. The number of hydrogen-bond donors (Lipinski definition) is 0. The zero-order valence-electron chi connectivity index (χ0n) is 15.1. The zero-order valence-corrected chi connectivity index (χ0v) is 15.1. The van der Waals surface area contributed by atoms with Gasteiger partial charge in [-0.05, 0) is 36.6 Å². The minimum Gasteiger partial charge on any atom is -0.372 e. The number of amides is 1. The second kappa shape index (κ2) is 8.14. The van der Waals surface area contributed by atoms with E-state index in [-0.39, 0.29) is 12.0 Å². The van der Waals surface area contributed by atoms with Crippen LogP contribution in [-0.4, -0.2) is 44.8 Å². The van der Waals surface area contributed by atoms with Gasteiger partial charge in [-0.2, -0.15) is 5.10 Å². The molecule has 1 fully saturated rings. The van der Waals surface area contributed by atoms with Crippen LogP contribution in [0.15, 0.2) is 67.3 Å². The fourth-order valence-electron chi connectivity index (χ4n) is 3.29. The van der Waals surface area contributed by atoms with Gasteiger partial charge in [-0.15, -0.1) is 0 Å². The van der Waals surface area contributed by atoms with E-state index in [0.29, 0.717) is 18.7 Å². The first-order valence-electron chi connectivity index (χ1n) is 9.19. The van der Waals surface area contributed by atoms with E-state index in [1.807, 2.05) is 53.6 Å². The second-order valence-corrected chi connectivity index (χ2v) is 6.70. The molecule has 0 aliphatic carbocycles. The average Bonchev–Trinajstić information content (AvgIpc) is 3.24. The van der Waals surface area contributed by atoms with Crippen LogP contribution in [0.1, 0.15) is 28.8 Å². The highest BCUT2D eigenvalue weighted by atomic mass is 16.5. The minimum absolute atomic E-state index is 0.00635. The van der Waals surface area contributed by atoms with Gasteiger partial charge in [-0.3, -0.25) is 9.78 Å². The monoisotopic (exact) mass is 362 g/mol. The van der Waals surface area contributed by atoms with Gasteiger partial charge in [0.25, 0.3) is 5.91 Å². The molecule has 4 rings (SSSR count). The molecule has 2 aromatic heterocycles. The van der Waals surface area contributed by atoms with Crippen molar-refractivity contribution < 1.29 is 9.53 Å². The molecule has 0 saturated carbocycles. The van der Waals surface area contributed by atoms with Crippen LogP contribution in [0.3, 0.4) is 0 Å². The van der Waals surface area contributed by atoms with Gasteiger partial charge in [0.1, 0.15) is 0 Å². The number of ether oxygens (including phenoxy) is 1. The molecule has 1 aliphatic rings. The van der Waals surface area contributed by atoms with E-state index in [0.717, 1.165) is 30.6 Å². The van der Waals surface area contributed by atoms with Crippen LogP contribution in [0.2, 0.25) is 0 Å². The van der Waals surface area contributed by atoms with E-state index in [1.54, 1.807) is 23.3 Å². The molecule has 0 spiro atoms. The first kappa shape index (κ1) is 17.4. The van der Waals surface area contributed by atoms with Gasteiger partial charge in [0.15, 0.2) is 0 Å². The number of aromatic nitrogens is 3. The Balaban J connectivity index is 1.38. The molecule has 1 aromatic carbocycles. The summed E-state index contributed by atoms with van der Waals surface area (Å²) in [6.07, 6.45) is 8.94. The van der Waals surface area contributed by atoms with Gasteiger partial charge in [0, 0.05) is 31.7 Å². The van der Waals surface area contributed by atoms with E-state index in [4.69, 9.17) is 4.74 Å². The lowest BCUT2D eigenvalue weighted by molar-refractivity contribution is -0.00681. The van der Waals surface area contributed by atoms with Gasteiger partial charge < -0.3 is 9.64 Å². The molecule has 1 aliphatic heterocycles. The molecule has 1 unspecified atom stereocenters. The maximum atomic E-state index is 12.9. The van der Waals surface area contributed by atoms with Crippen molar-refractivity contribution in [2.75, 3.05) is 13.1 Å². The molecule has 27 heavy (non-hydrogen) atoms. The lowest BCUT2D eigenvalue weighted by atomic mass is 10.1. The number of hydrogen-bond acceptors (Lipinski definition) is 4. The number of carbonyl (C=O) groups excluding carboxylic acids is 1. The first-order chi connectivity index (χ1) is 13.3. The first-order valence-corrected chi connectivity index (χ1v) is 9.19. The van der Waals surface area contributed by atoms with Gasteiger partial charge in [0.2, 0.25) is 0 Å². The molecule has 0 N–H and O–H groups in total. The van der Waals surface area contributed by atoms with Crippen molar-refractivity contribution in [1.29, 1.82) is 0 Å². The number of benzene rings is 1. The molecule has 3 heterocycles. The molecule has 1 atom stereocenters. The number of pyridine rings is 1. The fourth-order valence-corrected chi connectivity index (χ4v) is 3.29. The third-order valence-electron chi connectivity index (χ3n) is 4.72. The van der Waals surface area contributed by atoms with Crippen molar-refractivity contribution in [3.05, 3.63) is 78.4 Å². The predicted octanol–water partition coefficient (Wildman–Crippen LogP) is 3.09. The van der Waals surface area contributed by atoms with Gasteiger partial charge in [-0.25, -0.2) is 4.68 Å². The molecule has 0 radical (unpaired) electrons. The Morgan fingerprint density at radius 2 is 2.04 bits per heavy atom. The number of likely N-dealkylation sites (tertiary alicyclic amines) is 1. The summed E-state index contributed by atoms with van der Waals surface area (Å²) in [5.74, 6) is 0.00635. The third-order valence-corrected chi connectivity index (χ3v) is 4.72. The van der Waals surface area contributed by atoms with Gasteiger partial charge in [-0.1, -0.05) is 24.3 Å². The lowest BCUT2D eigenvalue weighted by Gasteiger charge is -2.32. The van der Waals surface area contributed by atoms with Crippen molar-refractivity contribution in [2.24, 2.45) is 0 Å². The quantitative estimate of drug-likeness (QED) is 0.700. The highest BCUT2D eigenvalue weighted by Crippen LogP contribution is 2.18. The number of piperidine rings is 1. The molecule has 6 heteroatoms. The summed E-state index contributed by atoms with van der Waals surface area (Å²) < 4.78 is 7.73. The Morgan fingerprint density at radius 1 is 1.15 bits per heavy atom. The lowest BCUT2D eigenvalue weighted by Crippen LogP contribution is -2.43. The summed E-state index contributed by atoms with van der Waals surface area (Å²) in [6, 6.07) is 13.7. The summed E-state index contributed by atoms with van der Waals surface area (Å²) in [5.41, 5.74) is 2.59. The molecule has 6 nitrogen and oxygen atoms in total. The molecule has 3 aromatic rings. The topological polar surface area (TPSA) is 60.2 Å². The van der Waals surface area contributed by atoms with E-state index >= 15 is 0 Å². The van der Waals surface area contributed by atoms with Crippen molar-refractivity contribution in [3.8, 4) is 5.69 Å². The number of carbonyl (C=O) groups is 1. The number of rotatable bonds is 5. The molecular weight excluding hydrogens is 340 g/mol. The normalized spacial score (nSPS) is 17.0. The molecule has 138 valence electrons. The predicted molar refractivity (Wildman–Crippen MR) is 102 cm³/mol. The summed E-state index contributed by atoms with van der Waals surface area (Å²) in [4.78, 5) is 18.8. The van der Waals surface area contributed by atoms with Crippen LogP contribution < -0.4 is 0 Å². The minimum atomic E-state index is 0.00635. The van der Waals surface area contributed by atoms with Crippen molar-refractivity contribution in [3.63, 3.8) is 0 Å². The Labute approximate surface area is 158 Å². The Hall–Kier alpha value is -2.99. The molecular formula is C21H22N4O2. The fraction of sp³-hybridized carbons (Fsp3) is 0.286. The van der Waals surface area contributed by atoms with E-state index in [1.165, 1.54) is 0 Å². The van der Waals surface area contributed by atoms with Crippen molar-refractivity contribution >= 4 is 5.91 Å². The smallest absolute Gasteiger partial charge is 0.257 e. The average molecular weight is 362 g/mol. The van der Waals surface area contributed by atoms with Gasteiger partial charge in [0.05, 0.1) is 30.2 Å². The van der Waals surface area contributed by atoms with Crippen LogP contribution >= 0.6 is 0 Å². The van der Waals surface area contributed by atoms with Crippen LogP contribution in [-0.2, 0) is 11.3 Å². The largest absolute Gasteiger partial charge is 0.372 e. The van der Waals surface area contributed by atoms with Crippen LogP contribution in [0.5, 0.6) is 0 Å². The van der Waals surface area contributed by atoms with Gasteiger partial charge >= 0.3 is 0 Å². The van der Waals surface area contributed by atoms with Crippen LogP contribution in [0.4, 0.5) is 0 Å². The van der Waals surface area contributed by atoms with Crippen LogP contribution in [0, 0.1) is 0 Å². The number of nitrogens with zero attached hydrogens (tertiary/aromatic N) is 4. The zero-order chi connectivity index (χ0) is 18.5. The highest BCUT2D eigenvalue weighted by Gasteiger charge is 2.25. The molecule has 1 saturated heterocycles. The van der Waals surface area contributed by atoms with E-state index in [9.17, 15) is 4.79 Å². The van der Waals surface area contributed by atoms with Crippen LogP contribution in [0.25, 0.3) is 5.69 Å². The third kappa shape index (κ3) is 4.23. The van der Waals surface area contributed by atoms with E-state index < -0.39 is 0 Å². The Bertz CT molecular complexity index is 879. The van der Waals surface area contributed by atoms with E-state index in [2.05, 4.69) is 10.1 Å². The number of para-hydroxylation sites is 1. The summed E-state index contributed by atoms with van der Waals surface area (Å²) in [7, 11) is 0. The Kier molecular flexibility index (Phi) is 5.25. The standard InChI is InChI=1S/C21H22N4O2/c26-21(18-13-23-25(14-18)19-7-2-1-3-8-19)24-11-5-9-20(15-24)27-16-17-6-4-10-22-12-17/h1-4,6-8,10,12-14,20H,5,9,11,15-16H2. The Morgan fingerprint density at radius 3 is 2.85 bits per heavy atom. The maximum absolute atomic E-state index is 12.9. The summed E-state index contributed by atoms with van der Waals surface area (Å²) in [6.45, 7) is 1.88. The molecule has 0 bridgehead atoms. The SMILES string of the molecule is O=C(c1cnn(-c2ccccc2)c1)N1CCCC(OCc2cccnc2)C1. The van der Waals surface area contributed by atoms with Crippen molar-refractivity contribution in [2.45, 2.75) is 25.6 Å². The second-order valence-electron chi connectivity index (χ2n) is 6.70. The highest BCUT2D eigenvalue weighted by molar-refractivity contribution is 5.93. The molecule has 1 amide bonds. The summed E-state index contributed by atoms with van der Waals surface area (Å²) >= 11 is 0. The maximum Gasteiger partial charge on any atom is 0.257 e.